The first kappa shape index (κ1) is 18.8. The zero-order chi connectivity index (χ0) is 19.1. The second-order valence-corrected chi connectivity index (χ2v) is 6.46. The maximum absolute atomic E-state index is 12.3. The molecule has 1 fully saturated rings. The van der Waals surface area contributed by atoms with E-state index in [1.807, 2.05) is 18.2 Å². The van der Waals surface area contributed by atoms with Gasteiger partial charge in [0.05, 0.1) is 5.56 Å². The summed E-state index contributed by atoms with van der Waals surface area (Å²) in [7, 11) is 0. The topological polar surface area (TPSA) is 66.9 Å². The van der Waals surface area contributed by atoms with Crippen LogP contribution in [0.5, 0.6) is 0 Å². The Hall–Kier alpha value is -2.99. The smallest absolute Gasteiger partial charge is 0.338 e. The van der Waals surface area contributed by atoms with E-state index in [1.165, 1.54) is 29.8 Å². The van der Waals surface area contributed by atoms with E-state index in [0.29, 0.717) is 30.5 Å². The summed E-state index contributed by atoms with van der Waals surface area (Å²) >= 11 is 0. The number of piperazine rings is 1. The maximum Gasteiger partial charge on any atom is 0.338 e. The number of ether oxygens (including phenoxy) is 1. The largest absolute Gasteiger partial charge is 0.452 e. The van der Waals surface area contributed by atoms with Gasteiger partial charge in [-0.1, -0.05) is 42.5 Å². The lowest BCUT2D eigenvalue weighted by Gasteiger charge is -2.34. The van der Waals surface area contributed by atoms with Gasteiger partial charge in [-0.25, -0.2) is 4.79 Å². The number of hydrogen-bond donors (Lipinski definition) is 0. The van der Waals surface area contributed by atoms with Crippen LogP contribution in [0.2, 0.25) is 0 Å². The Kier molecular flexibility index (Phi) is 6.33. The summed E-state index contributed by atoms with van der Waals surface area (Å²) in [6, 6.07) is 16.3. The van der Waals surface area contributed by atoms with E-state index in [9.17, 15) is 14.4 Å². The summed E-state index contributed by atoms with van der Waals surface area (Å²) in [4.78, 5) is 38.9. The van der Waals surface area contributed by atoms with E-state index in [1.54, 1.807) is 4.90 Å². The fourth-order valence-corrected chi connectivity index (χ4v) is 3.00. The molecule has 2 aromatic rings. The molecule has 0 spiro atoms. The van der Waals surface area contributed by atoms with Gasteiger partial charge in [0.25, 0.3) is 5.91 Å². The molecule has 0 aromatic heterocycles. The molecular weight excluding hydrogens is 344 g/mol. The zero-order valence-corrected chi connectivity index (χ0v) is 15.0. The zero-order valence-electron chi connectivity index (χ0n) is 15.0. The van der Waals surface area contributed by atoms with Gasteiger partial charge < -0.3 is 9.64 Å². The van der Waals surface area contributed by atoms with Gasteiger partial charge in [-0.05, 0) is 17.7 Å². The van der Waals surface area contributed by atoms with Gasteiger partial charge in [0.2, 0.25) is 0 Å². The molecule has 3 rings (SSSR count). The van der Waals surface area contributed by atoms with E-state index < -0.39 is 5.97 Å². The summed E-state index contributed by atoms with van der Waals surface area (Å²) < 4.78 is 5.11. The SMILES string of the molecule is O=Cc1ccc(C(=O)OCC(=O)N2CCN(Cc3ccccc3)CC2)cc1. The number of carbonyl (C=O) groups is 3. The number of aldehydes is 1. The van der Waals surface area contributed by atoms with E-state index in [2.05, 4.69) is 17.0 Å². The third-order valence-corrected chi connectivity index (χ3v) is 4.58. The first-order valence-electron chi connectivity index (χ1n) is 8.92. The van der Waals surface area contributed by atoms with Crippen molar-refractivity contribution < 1.29 is 19.1 Å². The van der Waals surface area contributed by atoms with E-state index in [0.717, 1.165) is 19.6 Å². The molecule has 2 aromatic carbocycles. The minimum absolute atomic E-state index is 0.188. The number of rotatable bonds is 6. The Morgan fingerprint density at radius 3 is 2.22 bits per heavy atom. The van der Waals surface area contributed by atoms with Crippen LogP contribution >= 0.6 is 0 Å². The molecule has 0 unspecified atom stereocenters. The van der Waals surface area contributed by atoms with Crippen molar-refractivity contribution in [3.8, 4) is 0 Å². The Morgan fingerprint density at radius 2 is 1.59 bits per heavy atom. The molecule has 1 aliphatic heterocycles. The summed E-state index contributed by atoms with van der Waals surface area (Å²) in [6.07, 6.45) is 0.704. The molecule has 6 nitrogen and oxygen atoms in total. The minimum Gasteiger partial charge on any atom is -0.452 e. The second kappa shape index (κ2) is 9.09. The van der Waals surface area contributed by atoms with Crippen LogP contribution in [0.15, 0.2) is 54.6 Å². The van der Waals surface area contributed by atoms with Gasteiger partial charge in [-0.15, -0.1) is 0 Å². The lowest BCUT2D eigenvalue weighted by Crippen LogP contribution is -2.49. The van der Waals surface area contributed by atoms with Crippen molar-refractivity contribution in [1.82, 2.24) is 9.80 Å². The molecule has 1 heterocycles. The van der Waals surface area contributed by atoms with Crippen molar-refractivity contribution in [3.63, 3.8) is 0 Å². The van der Waals surface area contributed by atoms with Crippen molar-refractivity contribution in [3.05, 3.63) is 71.3 Å². The number of amides is 1. The Balaban J connectivity index is 1.42. The lowest BCUT2D eigenvalue weighted by molar-refractivity contribution is -0.136. The van der Waals surface area contributed by atoms with Crippen LogP contribution < -0.4 is 0 Å². The van der Waals surface area contributed by atoms with Gasteiger partial charge in [0.1, 0.15) is 6.29 Å². The van der Waals surface area contributed by atoms with Crippen LogP contribution in [0, 0.1) is 0 Å². The molecule has 27 heavy (non-hydrogen) atoms. The molecule has 1 aliphatic rings. The van der Waals surface area contributed by atoms with Gasteiger partial charge in [-0.2, -0.15) is 0 Å². The molecule has 140 valence electrons. The molecule has 0 bridgehead atoms. The van der Waals surface area contributed by atoms with Gasteiger partial charge in [-0.3, -0.25) is 14.5 Å². The average molecular weight is 366 g/mol. The number of hydrogen-bond acceptors (Lipinski definition) is 5. The van der Waals surface area contributed by atoms with Gasteiger partial charge in [0, 0.05) is 38.3 Å². The van der Waals surface area contributed by atoms with Crippen LogP contribution in [-0.4, -0.2) is 60.7 Å². The van der Waals surface area contributed by atoms with Crippen LogP contribution in [0.1, 0.15) is 26.3 Å². The Labute approximate surface area is 158 Å². The highest BCUT2D eigenvalue weighted by Crippen LogP contribution is 2.09. The predicted octanol–water partition coefficient (Wildman–Crippen LogP) is 2.00. The minimum atomic E-state index is -0.566. The molecule has 0 atom stereocenters. The third-order valence-electron chi connectivity index (χ3n) is 4.58. The maximum atomic E-state index is 12.3. The molecule has 1 saturated heterocycles. The third kappa shape index (κ3) is 5.24. The molecule has 0 aliphatic carbocycles. The van der Waals surface area contributed by atoms with E-state index in [-0.39, 0.29) is 12.5 Å². The number of esters is 1. The van der Waals surface area contributed by atoms with Crippen LogP contribution in [0.3, 0.4) is 0 Å². The van der Waals surface area contributed by atoms with Crippen LogP contribution in [-0.2, 0) is 16.1 Å². The van der Waals surface area contributed by atoms with Gasteiger partial charge in [0.15, 0.2) is 6.61 Å². The highest BCUT2D eigenvalue weighted by Gasteiger charge is 2.22. The molecular formula is C21H22N2O4. The fourth-order valence-electron chi connectivity index (χ4n) is 3.00. The van der Waals surface area contributed by atoms with E-state index in [4.69, 9.17) is 4.74 Å². The molecule has 1 amide bonds. The lowest BCUT2D eigenvalue weighted by atomic mass is 10.1. The second-order valence-electron chi connectivity index (χ2n) is 6.46. The summed E-state index contributed by atoms with van der Waals surface area (Å²) in [5.74, 6) is -0.754. The molecule has 6 heteroatoms. The Morgan fingerprint density at radius 1 is 0.926 bits per heavy atom. The highest BCUT2D eigenvalue weighted by atomic mass is 16.5. The normalized spacial score (nSPS) is 14.6. The van der Waals surface area contributed by atoms with Crippen molar-refractivity contribution in [2.75, 3.05) is 32.8 Å². The fraction of sp³-hybridized carbons (Fsp3) is 0.286. The predicted molar refractivity (Wildman–Crippen MR) is 100 cm³/mol. The van der Waals surface area contributed by atoms with Crippen molar-refractivity contribution in [1.29, 1.82) is 0 Å². The molecule has 0 N–H and O–H groups in total. The van der Waals surface area contributed by atoms with Crippen LogP contribution in [0.25, 0.3) is 0 Å². The average Bonchev–Trinajstić information content (AvgIpc) is 2.73. The first-order valence-corrected chi connectivity index (χ1v) is 8.92. The monoisotopic (exact) mass is 366 g/mol. The first-order chi connectivity index (χ1) is 13.2. The number of carbonyl (C=O) groups excluding carboxylic acids is 3. The van der Waals surface area contributed by atoms with Crippen molar-refractivity contribution in [2.24, 2.45) is 0 Å². The number of nitrogens with zero attached hydrogens (tertiary/aromatic N) is 2. The summed E-state index contributed by atoms with van der Waals surface area (Å²) in [5.41, 5.74) is 2.06. The van der Waals surface area contributed by atoms with Crippen molar-refractivity contribution >= 4 is 18.2 Å². The summed E-state index contributed by atoms with van der Waals surface area (Å²) in [5, 5.41) is 0. The van der Waals surface area contributed by atoms with Crippen LogP contribution in [0.4, 0.5) is 0 Å². The highest BCUT2D eigenvalue weighted by molar-refractivity contribution is 5.92. The summed E-state index contributed by atoms with van der Waals surface area (Å²) in [6.45, 7) is 3.43. The van der Waals surface area contributed by atoms with Crippen molar-refractivity contribution in [2.45, 2.75) is 6.54 Å². The molecule has 0 radical (unpaired) electrons. The molecule has 0 saturated carbocycles. The Bertz CT molecular complexity index is 782. The van der Waals surface area contributed by atoms with E-state index >= 15 is 0 Å². The quantitative estimate of drug-likeness (QED) is 0.578. The van der Waals surface area contributed by atoms with Gasteiger partial charge >= 0.3 is 5.97 Å². The standard InChI is InChI=1S/C21H22N2O4/c24-15-18-6-8-19(9-7-18)21(26)27-16-20(25)23-12-10-22(11-13-23)14-17-4-2-1-3-5-17/h1-9,15H,10-14,16H2. The number of benzene rings is 2.